The van der Waals surface area contributed by atoms with E-state index in [-0.39, 0.29) is 0 Å². The number of fused-ring (bicyclic) bond motifs is 1. The second-order valence-corrected chi connectivity index (χ2v) is 10.4. The van der Waals surface area contributed by atoms with E-state index < -0.39 is 0 Å². The molecule has 6 aromatic rings. The second-order valence-electron chi connectivity index (χ2n) is 10.4. The van der Waals surface area contributed by atoms with E-state index >= 15 is 0 Å². The van der Waals surface area contributed by atoms with Crippen molar-refractivity contribution in [2.45, 2.75) is 6.61 Å². The smallest absolute Gasteiger partial charge is 0.227 e. The van der Waals surface area contributed by atoms with Crippen LogP contribution in [-0.4, -0.2) is 52.8 Å². The molecule has 44 heavy (non-hydrogen) atoms. The van der Waals surface area contributed by atoms with Gasteiger partial charge in [0.25, 0.3) is 0 Å². The van der Waals surface area contributed by atoms with Crippen molar-refractivity contribution in [1.82, 2.24) is 19.4 Å². The Morgan fingerprint density at radius 1 is 0.864 bits per heavy atom. The topological polar surface area (TPSA) is 86.0 Å². The Kier molecular flexibility index (Phi) is 7.76. The van der Waals surface area contributed by atoms with E-state index in [0.29, 0.717) is 18.3 Å². The summed E-state index contributed by atoms with van der Waals surface area (Å²) < 4.78 is 19.3. The standard InChI is InChI=1S/C35H32N6O3/c1-42-31-23-27(40-19-21-43-22-20-40)12-15-29(31)37-35-36-17-16-30(38-35)34-33(39-32-9-5-6-18-41(32)34)26-10-13-28(14-11-26)44-24-25-7-3-2-4-8-25/h2-18,23H,19-22,24H2,1H3,(H,36,37,38). The molecule has 9 nitrogen and oxygen atoms in total. The average molecular weight is 585 g/mol. The van der Waals surface area contributed by atoms with Gasteiger partial charge in [-0.25, -0.2) is 15.0 Å². The van der Waals surface area contributed by atoms with Crippen molar-refractivity contribution in [3.63, 3.8) is 0 Å². The number of ether oxygens (including phenoxy) is 3. The number of aromatic nitrogens is 4. The number of anilines is 3. The Hall–Kier alpha value is -5.41. The monoisotopic (exact) mass is 584 g/mol. The second kappa shape index (κ2) is 12.4. The molecule has 1 aliphatic rings. The van der Waals surface area contributed by atoms with Crippen LogP contribution >= 0.6 is 0 Å². The lowest BCUT2D eigenvalue weighted by Gasteiger charge is -2.29. The maximum absolute atomic E-state index is 6.02. The zero-order valence-electron chi connectivity index (χ0n) is 24.4. The van der Waals surface area contributed by atoms with Gasteiger partial charge in [0.1, 0.15) is 23.8 Å². The predicted octanol–water partition coefficient (Wildman–Crippen LogP) is 6.63. The third-order valence-corrected chi connectivity index (χ3v) is 7.61. The van der Waals surface area contributed by atoms with Crippen LogP contribution in [0.2, 0.25) is 0 Å². The summed E-state index contributed by atoms with van der Waals surface area (Å²) in [7, 11) is 1.67. The van der Waals surface area contributed by atoms with Gasteiger partial charge in [0, 0.05) is 42.8 Å². The third kappa shape index (κ3) is 5.77. The Morgan fingerprint density at radius 3 is 2.50 bits per heavy atom. The summed E-state index contributed by atoms with van der Waals surface area (Å²) in [5.74, 6) is 1.97. The first-order chi connectivity index (χ1) is 21.7. The van der Waals surface area contributed by atoms with Gasteiger partial charge in [-0.05, 0) is 60.2 Å². The average Bonchev–Trinajstić information content (AvgIpc) is 3.48. The summed E-state index contributed by atoms with van der Waals surface area (Å²) in [5.41, 5.74) is 7.23. The van der Waals surface area contributed by atoms with E-state index in [4.69, 9.17) is 24.2 Å². The van der Waals surface area contributed by atoms with Crippen LogP contribution in [0.3, 0.4) is 0 Å². The molecule has 7 rings (SSSR count). The Labute approximate surface area is 255 Å². The number of pyridine rings is 1. The minimum atomic E-state index is 0.460. The molecule has 1 N–H and O–H groups in total. The van der Waals surface area contributed by atoms with E-state index in [1.54, 1.807) is 13.3 Å². The maximum Gasteiger partial charge on any atom is 0.227 e. The van der Waals surface area contributed by atoms with Crippen molar-refractivity contribution in [3.8, 4) is 34.1 Å². The van der Waals surface area contributed by atoms with E-state index in [1.165, 1.54) is 0 Å². The van der Waals surface area contributed by atoms with Gasteiger partial charge in [-0.1, -0.05) is 36.4 Å². The Balaban J connectivity index is 1.18. The Morgan fingerprint density at radius 2 is 1.68 bits per heavy atom. The molecular weight excluding hydrogens is 552 g/mol. The minimum absolute atomic E-state index is 0.460. The highest BCUT2D eigenvalue weighted by Crippen LogP contribution is 2.35. The maximum atomic E-state index is 6.02. The number of hydrogen-bond acceptors (Lipinski definition) is 8. The first kappa shape index (κ1) is 27.4. The van der Waals surface area contributed by atoms with Crippen LogP contribution in [0.4, 0.5) is 17.3 Å². The van der Waals surface area contributed by atoms with Crippen LogP contribution in [0.25, 0.3) is 28.3 Å². The molecule has 3 aromatic heterocycles. The normalized spacial score (nSPS) is 13.2. The fraction of sp³-hybridized carbons (Fsp3) is 0.171. The van der Waals surface area contributed by atoms with E-state index in [1.807, 2.05) is 85.1 Å². The molecule has 1 saturated heterocycles. The highest BCUT2D eigenvalue weighted by atomic mass is 16.5. The molecule has 220 valence electrons. The highest BCUT2D eigenvalue weighted by molar-refractivity contribution is 5.81. The van der Waals surface area contributed by atoms with Gasteiger partial charge >= 0.3 is 0 Å². The summed E-state index contributed by atoms with van der Waals surface area (Å²) in [6, 6.07) is 32.1. The Bertz CT molecular complexity index is 1870. The molecule has 0 saturated carbocycles. The molecule has 0 bridgehead atoms. The van der Waals surface area contributed by atoms with Crippen LogP contribution in [0, 0.1) is 0 Å². The summed E-state index contributed by atoms with van der Waals surface area (Å²) in [5, 5.41) is 3.36. The van der Waals surface area contributed by atoms with Crippen molar-refractivity contribution in [1.29, 1.82) is 0 Å². The molecule has 4 heterocycles. The number of methoxy groups -OCH3 is 1. The lowest BCUT2D eigenvalue weighted by atomic mass is 10.1. The zero-order chi connectivity index (χ0) is 29.7. The van der Waals surface area contributed by atoms with Crippen molar-refractivity contribution >= 4 is 23.0 Å². The van der Waals surface area contributed by atoms with Crippen LogP contribution in [0.15, 0.2) is 109 Å². The molecule has 1 aliphatic heterocycles. The van der Waals surface area contributed by atoms with Gasteiger partial charge < -0.3 is 24.4 Å². The van der Waals surface area contributed by atoms with Crippen molar-refractivity contribution in [3.05, 3.63) is 115 Å². The van der Waals surface area contributed by atoms with Crippen molar-refractivity contribution < 1.29 is 14.2 Å². The molecule has 9 heteroatoms. The van der Waals surface area contributed by atoms with Gasteiger partial charge in [-0.2, -0.15) is 0 Å². The molecule has 0 atom stereocenters. The summed E-state index contributed by atoms with van der Waals surface area (Å²) in [4.78, 5) is 16.7. The summed E-state index contributed by atoms with van der Waals surface area (Å²) >= 11 is 0. The van der Waals surface area contributed by atoms with Crippen molar-refractivity contribution in [2.75, 3.05) is 43.6 Å². The zero-order valence-corrected chi connectivity index (χ0v) is 24.4. The SMILES string of the molecule is COc1cc(N2CCOCC2)ccc1Nc1nccc(-c2c(-c3ccc(OCc4ccccc4)cc3)nc3ccccn23)n1. The first-order valence-electron chi connectivity index (χ1n) is 14.6. The molecule has 0 spiro atoms. The van der Waals surface area contributed by atoms with E-state index in [2.05, 4.69) is 37.8 Å². The lowest BCUT2D eigenvalue weighted by molar-refractivity contribution is 0.122. The number of hydrogen-bond donors (Lipinski definition) is 1. The quantitative estimate of drug-likeness (QED) is 0.203. The van der Waals surface area contributed by atoms with Gasteiger partial charge in [0.05, 0.1) is 43.1 Å². The fourth-order valence-electron chi connectivity index (χ4n) is 5.36. The van der Waals surface area contributed by atoms with E-state index in [9.17, 15) is 0 Å². The van der Waals surface area contributed by atoms with Gasteiger partial charge in [-0.3, -0.25) is 4.40 Å². The van der Waals surface area contributed by atoms with E-state index in [0.717, 1.165) is 77.3 Å². The van der Waals surface area contributed by atoms with Gasteiger partial charge in [0.15, 0.2) is 0 Å². The number of rotatable bonds is 9. The first-order valence-corrected chi connectivity index (χ1v) is 14.6. The lowest BCUT2D eigenvalue weighted by Crippen LogP contribution is -2.36. The summed E-state index contributed by atoms with van der Waals surface area (Å²) in [6.07, 6.45) is 3.76. The fourth-order valence-corrected chi connectivity index (χ4v) is 5.36. The number of imidazole rings is 1. The molecule has 0 amide bonds. The predicted molar refractivity (Wildman–Crippen MR) is 172 cm³/mol. The molecule has 0 unspecified atom stereocenters. The highest BCUT2D eigenvalue weighted by Gasteiger charge is 2.19. The number of morpholine rings is 1. The molecule has 0 aliphatic carbocycles. The third-order valence-electron chi connectivity index (χ3n) is 7.61. The number of nitrogens with one attached hydrogen (secondary N) is 1. The van der Waals surface area contributed by atoms with Crippen molar-refractivity contribution in [2.24, 2.45) is 0 Å². The summed E-state index contributed by atoms with van der Waals surface area (Å²) in [6.45, 7) is 3.66. The van der Waals surface area contributed by atoms with Gasteiger partial charge in [-0.15, -0.1) is 0 Å². The number of benzene rings is 3. The molecule has 1 fully saturated rings. The van der Waals surface area contributed by atoms with Crippen LogP contribution in [0.1, 0.15) is 5.56 Å². The molecule has 0 radical (unpaired) electrons. The molecule has 3 aromatic carbocycles. The van der Waals surface area contributed by atoms with Crippen LogP contribution < -0.4 is 19.7 Å². The number of nitrogens with zero attached hydrogens (tertiary/aromatic N) is 5. The van der Waals surface area contributed by atoms with Crippen LogP contribution in [-0.2, 0) is 11.3 Å². The molecular formula is C35H32N6O3. The largest absolute Gasteiger partial charge is 0.494 e. The van der Waals surface area contributed by atoms with Crippen LogP contribution in [0.5, 0.6) is 11.5 Å². The minimum Gasteiger partial charge on any atom is -0.494 e. The van der Waals surface area contributed by atoms with Gasteiger partial charge in [0.2, 0.25) is 5.95 Å².